The lowest BCUT2D eigenvalue weighted by atomic mass is 10.1. The Bertz CT molecular complexity index is 888. The molecule has 0 aliphatic heterocycles. The van der Waals surface area contributed by atoms with Gasteiger partial charge in [-0.3, -0.25) is 20.4 Å². The molecule has 7 nitrogen and oxygen atoms in total. The predicted octanol–water partition coefficient (Wildman–Crippen LogP) is 1.86. The zero-order chi connectivity index (χ0) is 16.6. The molecule has 2 heterocycles. The first kappa shape index (κ1) is 14.8. The van der Waals surface area contributed by atoms with E-state index in [1.54, 1.807) is 20.0 Å². The van der Waals surface area contributed by atoms with E-state index in [2.05, 4.69) is 16.0 Å². The van der Waals surface area contributed by atoms with Gasteiger partial charge >= 0.3 is 0 Å². The van der Waals surface area contributed by atoms with Crippen LogP contribution in [0.2, 0.25) is 0 Å². The molecule has 0 aliphatic rings. The number of hydrogen-bond donors (Lipinski definition) is 2. The molecule has 3 rings (SSSR count). The van der Waals surface area contributed by atoms with E-state index in [0.717, 1.165) is 10.9 Å². The van der Waals surface area contributed by atoms with Crippen LogP contribution in [0.3, 0.4) is 0 Å². The van der Waals surface area contributed by atoms with Gasteiger partial charge in [0.15, 0.2) is 0 Å². The van der Waals surface area contributed by atoms with E-state index in [-0.39, 0.29) is 5.91 Å². The molecule has 0 aliphatic carbocycles. The smallest absolute Gasteiger partial charge is 0.275 e. The normalized spacial score (nSPS) is 10.7. The Labute approximate surface area is 132 Å². The van der Waals surface area contributed by atoms with E-state index in [9.17, 15) is 9.59 Å². The minimum absolute atomic E-state index is 0.322. The van der Waals surface area contributed by atoms with Crippen LogP contribution in [-0.2, 0) is 7.05 Å². The van der Waals surface area contributed by atoms with Crippen molar-refractivity contribution in [2.45, 2.75) is 13.8 Å². The van der Waals surface area contributed by atoms with Crippen molar-refractivity contribution in [2.75, 3.05) is 0 Å². The molecule has 7 heteroatoms. The molecule has 0 saturated carbocycles. The molecule has 2 aromatic heterocycles. The molecule has 0 atom stereocenters. The quantitative estimate of drug-likeness (QED) is 0.707. The van der Waals surface area contributed by atoms with Gasteiger partial charge in [0.1, 0.15) is 11.3 Å². The highest BCUT2D eigenvalue weighted by Gasteiger charge is 2.19. The largest absolute Gasteiger partial charge is 0.361 e. The summed E-state index contributed by atoms with van der Waals surface area (Å²) in [7, 11) is 1.86. The molecular weight excluding hydrogens is 296 g/mol. The third-order valence-corrected chi connectivity index (χ3v) is 3.69. The average Bonchev–Trinajstić information content (AvgIpc) is 3.05. The standard InChI is InChI=1S/C16H16N4O3/c1-9-14(10(2)23-19-9)16(22)18-17-15(21)12-8-20(3)13-7-5-4-6-11(12)13/h4-8H,1-3H3,(H,17,21)(H,18,22). The molecule has 2 amide bonds. The maximum absolute atomic E-state index is 12.3. The minimum Gasteiger partial charge on any atom is -0.361 e. The summed E-state index contributed by atoms with van der Waals surface area (Å²) < 4.78 is 6.80. The molecule has 2 N–H and O–H groups in total. The molecule has 0 fully saturated rings. The first-order valence-corrected chi connectivity index (χ1v) is 7.06. The second-order valence-corrected chi connectivity index (χ2v) is 5.28. The van der Waals surface area contributed by atoms with Gasteiger partial charge in [0.25, 0.3) is 11.8 Å². The highest BCUT2D eigenvalue weighted by molar-refractivity contribution is 6.08. The van der Waals surface area contributed by atoms with E-state index < -0.39 is 5.91 Å². The number of benzene rings is 1. The van der Waals surface area contributed by atoms with E-state index >= 15 is 0 Å². The predicted molar refractivity (Wildman–Crippen MR) is 83.8 cm³/mol. The maximum Gasteiger partial charge on any atom is 0.275 e. The van der Waals surface area contributed by atoms with Crippen LogP contribution in [0.1, 0.15) is 32.2 Å². The van der Waals surface area contributed by atoms with Crippen molar-refractivity contribution >= 4 is 22.7 Å². The van der Waals surface area contributed by atoms with Crippen LogP contribution in [0.15, 0.2) is 35.0 Å². The molecule has 0 unspecified atom stereocenters. The lowest BCUT2D eigenvalue weighted by Gasteiger charge is -2.06. The van der Waals surface area contributed by atoms with Gasteiger partial charge in [-0.25, -0.2) is 0 Å². The third kappa shape index (κ3) is 2.57. The number of carbonyl (C=O) groups excluding carboxylic acids is 2. The third-order valence-electron chi connectivity index (χ3n) is 3.69. The van der Waals surface area contributed by atoms with E-state index in [1.165, 1.54) is 0 Å². The summed E-state index contributed by atoms with van der Waals surface area (Å²) in [6.07, 6.45) is 1.72. The van der Waals surface area contributed by atoms with Crippen molar-refractivity contribution in [3.8, 4) is 0 Å². The molecule has 0 saturated heterocycles. The number of rotatable bonds is 2. The summed E-state index contributed by atoms with van der Waals surface area (Å²) in [6, 6.07) is 7.56. The van der Waals surface area contributed by atoms with E-state index in [4.69, 9.17) is 4.52 Å². The highest BCUT2D eigenvalue weighted by atomic mass is 16.5. The van der Waals surface area contributed by atoms with Crippen LogP contribution in [-0.4, -0.2) is 21.5 Å². The van der Waals surface area contributed by atoms with Crippen molar-refractivity contribution in [2.24, 2.45) is 7.05 Å². The van der Waals surface area contributed by atoms with Crippen molar-refractivity contribution < 1.29 is 14.1 Å². The first-order valence-electron chi connectivity index (χ1n) is 7.06. The number of hydrogen-bond acceptors (Lipinski definition) is 4. The Morgan fingerprint density at radius 3 is 2.52 bits per heavy atom. The zero-order valence-electron chi connectivity index (χ0n) is 13.0. The van der Waals surface area contributed by atoms with Crippen molar-refractivity contribution in [3.63, 3.8) is 0 Å². The number of nitrogens with one attached hydrogen (secondary N) is 2. The van der Waals surface area contributed by atoms with Crippen LogP contribution >= 0.6 is 0 Å². The zero-order valence-corrected chi connectivity index (χ0v) is 13.0. The van der Waals surface area contributed by atoms with Gasteiger partial charge < -0.3 is 9.09 Å². The molecule has 118 valence electrons. The fraction of sp³-hybridized carbons (Fsp3) is 0.188. The van der Waals surface area contributed by atoms with Gasteiger partial charge in [-0.2, -0.15) is 0 Å². The Balaban J connectivity index is 1.78. The van der Waals surface area contributed by atoms with Gasteiger partial charge in [0.2, 0.25) is 0 Å². The highest BCUT2D eigenvalue weighted by Crippen LogP contribution is 2.20. The van der Waals surface area contributed by atoms with Crippen molar-refractivity contribution in [3.05, 3.63) is 53.0 Å². The van der Waals surface area contributed by atoms with E-state index in [0.29, 0.717) is 22.6 Å². The fourth-order valence-corrected chi connectivity index (χ4v) is 2.57. The Morgan fingerprint density at radius 2 is 1.83 bits per heavy atom. The summed E-state index contributed by atoms with van der Waals surface area (Å²) >= 11 is 0. The Hall–Kier alpha value is -3.09. The summed E-state index contributed by atoms with van der Waals surface area (Å²) in [4.78, 5) is 24.5. The number of amides is 2. The molecular formula is C16H16N4O3. The summed E-state index contributed by atoms with van der Waals surface area (Å²) in [5.41, 5.74) is 7.04. The first-order chi connectivity index (χ1) is 11.0. The maximum atomic E-state index is 12.3. The van der Waals surface area contributed by atoms with Gasteiger partial charge in [-0.05, 0) is 19.9 Å². The molecule has 23 heavy (non-hydrogen) atoms. The molecule has 0 bridgehead atoms. The SMILES string of the molecule is Cc1noc(C)c1C(=O)NNC(=O)c1cn(C)c2ccccc12. The number of nitrogens with zero attached hydrogens (tertiary/aromatic N) is 2. The van der Waals surface area contributed by atoms with Crippen LogP contribution in [0.25, 0.3) is 10.9 Å². The molecule has 0 radical (unpaired) electrons. The second-order valence-electron chi connectivity index (χ2n) is 5.28. The van der Waals surface area contributed by atoms with Crippen LogP contribution < -0.4 is 10.9 Å². The lowest BCUT2D eigenvalue weighted by Crippen LogP contribution is -2.41. The Kier molecular flexibility index (Phi) is 3.61. The number of para-hydroxylation sites is 1. The number of aromatic nitrogens is 2. The van der Waals surface area contributed by atoms with Gasteiger partial charge in [-0.15, -0.1) is 0 Å². The summed E-state index contributed by atoms with van der Waals surface area (Å²) in [5.74, 6) is -0.448. The number of hydrazine groups is 1. The average molecular weight is 312 g/mol. The number of aryl methyl sites for hydroxylation is 3. The topological polar surface area (TPSA) is 89.2 Å². The molecule has 3 aromatic rings. The van der Waals surface area contributed by atoms with Crippen LogP contribution in [0.4, 0.5) is 0 Å². The van der Waals surface area contributed by atoms with Crippen molar-refractivity contribution in [1.29, 1.82) is 0 Å². The monoisotopic (exact) mass is 312 g/mol. The van der Waals surface area contributed by atoms with Gasteiger partial charge in [0, 0.05) is 24.1 Å². The number of fused-ring (bicyclic) bond motifs is 1. The van der Waals surface area contributed by atoms with Gasteiger partial charge in [0.05, 0.1) is 11.3 Å². The van der Waals surface area contributed by atoms with E-state index in [1.807, 2.05) is 35.9 Å². The Morgan fingerprint density at radius 1 is 1.13 bits per heavy atom. The summed E-state index contributed by atoms with van der Waals surface area (Å²) in [6.45, 7) is 3.30. The van der Waals surface area contributed by atoms with Crippen LogP contribution in [0, 0.1) is 13.8 Å². The second kappa shape index (κ2) is 5.60. The summed E-state index contributed by atoms with van der Waals surface area (Å²) in [5, 5.41) is 4.53. The molecule has 1 aromatic carbocycles. The fourth-order valence-electron chi connectivity index (χ4n) is 2.57. The van der Waals surface area contributed by atoms with Gasteiger partial charge in [-0.1, -0.05) is 23.4 Å². The minimum atomic E-state index is -0.463. The number of carbonyl (C=O) groups is 2. The van der Waals surface area contributed by atoms with Crippen LogP contribution in [0.5, 0.6) is 0 Å². The van der Waals surface area contributed by atoms with Crippen molar-refractivity contribution in [1.82, 2.24) is 20.6 Å². The lowest BCUT2D eigenvalue weighted by molar-refractivity contribution is 0.0846. The molecule has 0 spiro atoms.